The van der Waals surface area contributed by atoms with Gasteiger partial charge in [0.15, 0.2) is 0 Å². The Bertz CT molecular complexity index is 843. The molecule has 1 aromatic carbocycles. The number of hydrogen-bond donors (Lipinski definition) is 0. The quantitative estimate of drug-likeness (QED) is 0.632. The Hall–Kier alpha value is -1.44. The first-order valence-corrected chi connectivity index (χ1v) is 9.91. The van der Waals surface area contributed by atoms with Crippen molar-refractivity contribution in [2.45, 2.75) is 44.7 Å². The Morgan fingerprint density at radius 3 is 2.28 bits per heavy atom. The van der Waals surface area contributed by atoms with E-state index in [1.165, 1.54) is 29.9 Å². The molecule has 0 fully saturated rings. The van der Waals surface area contributed by atoms with Gasteiger partial charge in [-0.1, -0.05) is 44.0 Å². The van der Waals surface area contributed by atoms with E-state index in [1.54, 1.807) is 0 Å². The maximum atomic E-state index is 12.9. The van der Waals surface area contributed by atoms with Gasteiger partial charge in [0.2, 0.25) is 5.03 Å². The Morgan fingerprint density at radius 2 is 1.80 bits per heavy atom. The van der Waals surface area contributed by atoms with Crippen LogP contribution in [0.15, 0.2) is 23.2 Å². The Balaban J connectivity index is 2.58. The molecular formula is C16H20Cl2N2O4S. The van der Waals surface area contributed by atoms with Gasteiger partial charge >= 0.3 is 10.1 Å². The molecule has 0 atom stereocenters. The van der Waals surface area contributed by atoms with E-state index in [0.717, 1.165) is 0 Å². The lowest BCUT2D eigenvalue weighted by Crippen LogP contribution is -2.18. The van der Waals surface area contributed by atoms with Crippen molar-refractivity contribution in [3.8, 4) is 11.8 Å². The fourth-order valence-corrected chi connectivity index (χ4v) is 4.31. The zero-order chi connectivity index (χ0) is 18.8. The molecule has 0 aliphatic carbocycles. The van der Waals surface area contributed by atoms with Crippen LogP contribution in [0.25, 0.3) is 0 Å². The van der Waals surface area contributed by atoms with Crippen LogP contribution in [-0.4, -0.2) is 25.1 Å². The molecule has 0 spiro atoms. The first-order chi connectivity index (χ1) is 11.7. The summed E-state index contributed by atoms with van der Waals surface area (Å²) >= 11 is 11.8. The molecule has 1 heterocycles. The van der Waals surface area contributed by atoms with Crippen molar-refractivity contribution < 1.29 is 17.3 Å². The summed E-state index contributed by atoms with van der Waals surface area (Å²) in [4.78, 5) is 4.32. The summed E-state index contributed by atoms with van der Waals surface area (Å²) in [5, 5.41) is 0.542. The average Bonchev–Trinajstić information content (AvgIpc) is 2.85. The number of aromatic nitrogens is 2. The normalized spacial score (nSPS) is 11.8. The lowest BCUT2D eigenvalue weighted by atomic mass is 10.1. The highest BCUT2D eigenvalue weighted by atomic mass is 35.5. The third-order valence-electron chi connectivity index (χ3n) is 3.37. The molecule has 1 aromatic heterocycles. The van der Waals surface area contributed by atoms with Crippen LogP contribution in [-0.2, 0) is 16.7 Å². The largest absolute Gasteiger partial charge is 0.468 e. The summed E-state index contributed by atoms with van der Waals surface area (Å²) in [6.07, 6.45) is 0.704. The van der Waals surface area contributed by atoms with Gasteiger partial charge in [-0.3, -0.25) is 4.57 Å². The molecule has 0 bridgehead atoms. The molecule has 0 aliphatic rings. The van der Waals surface area contributed by atoms with Crippen molar-refractivity contribution >= 4 is 33.3 Å². The van der Waals surface area contributed by atoms with Crippen LogP contribution in [0, 0.1) is 0 Å². The van der Waals surface area contributed by atoms with Crippen LogP contribution in [0.3, 0.4) is 0 Å². The van der Waals surface area contributed by atoms with Gasteiger partial charge in [0, 0.05) is 28.7 Å². The van der Waals surface area contributed by atoms with Crippen LogP contribution < -0.4 is 8.92 Å². The third kappa shape index (κ3) is 4.40. The summed E-state index contributed by atoms with van der Waals surface area (Å²) in [5.74, 6) is -0.0984. The molecule has 9 heteroatoms. The number of hydrogen-bond acceptors (Lipinski definition) is 5. The number of rotatable bonds is 7. The molecule has 25 heavy (non-hydrogen) atoms. The van der Waals surface area contributed by atoms with Gasteiger partial charge in [-0.25, -0.2) is 0 Å². The maximum Gasteiger partial charge on any atom is 0.357 e. The third-order valence-corrected chi connectivity index (χ3v) is 5.12. The van der Waals surface area contributed by atoms with Crippen molar-refractivity contribution in [2.24, 2.45) is 0 Å². The second-order valence-electron chi connectivity index (χ2n) is 5.74. The number of imidazole rings is 1. The summed E-state index contributed by atoms with van der Waals surface area (Å²) in [7, 11) is -2.71. The first-order valence-electron chi connectivity index (χ1n) is 7.74. The molecule has 0 radical (unpaired) electrons. The highest BCUT2D eigenvalue weighted by Crippen LogP contribution is 2.32. The minimum absolute atomic E-state index is 0.0164. The van der Waals surface area contributed by atoms with Crippen LogP contribution >= 0.6 is 23.2 Å². The summed E-state index contributed by atoms with van der Waals surface area (Å²) in [6.45, 7) is 6.07. The van der Waals surface area contributed by atoms with E-state index in [4.69, 9.17) is 32.1 Å². The van der Waals surface area contributed by atoms with Gasteiger partial charge in [0.1, 0.15) is 5.75 Å². The number of methoxy groups -OCH3 is 1. The van der Waals surface area contributed by atoms with E-state index >= 15 is 0 Å². The molecule has 138 valence electrons. The second kappa shape index (κ2) is 7.85. The SMILES string of the molecule is CCCn1c(OC)nc(C(C)C)c1S(=O)(=O)Oc1cc(Cl)cc(Cl)c1. The van der Waals surface area contributed by atoms with E-state index in [2.05, 4.69) is 4.98 Å². The molecule has 0 aliphatic heterocycles. The molecule has 0 N–H and O–H groups in total. The Morgan fingerprint density at radius 1 is 1.20 bits per heavy atom. The van der Waals surface area contributed by atoms with Crippen molar-refractivity contribution in [3.63, 3.8) is 0 Å². The fraction of sp³-hybridized carbons (Fsp3) is 0.438. The number of ether oxygens (including phenoxy) is 1. The highest BCUT2D eigenvalue weighted by Gasteiger charge is 2.31. The minimum atomic E-state index is -4.16. The van der Waals surface area contributed by atoms with Crippen molar-refractivity contribution in [2.75, 3.05) is 7.11 Å². The van der Waals surface area contributed by atoms with Gasteiger partial charge in [0.25, 0.3) is 6.01 Å². The Labute approximate surface area is 157 Å². The lowest BCUT2D eigenvalue weighted by Gasteiger charge is -2.13. The van der Waals surface area contributed by atoms with E-state index in [9.17, 15) is 8.42 Å². The fourth-order valence-electron chi connectivity index (χ4n) is 2.39. The highest BCUT2D eigenvalue weighted by molar-refractivity contribution is 7.87. The van der Waals surface area contributed by atoms with Crippen LogP contribution in [0.5, 0.6) is 11.8 Å². The summed E-state index contributed by atoms with van der Waals surface area (Å²) < 4.78 is 37.9. The van der Waals surface area contributed by atoms with Gasteiger partial charge in [-0.15, -0.1) is 0 Å². The van der Waals surface area contributed by atoms with Gasteiger partial charge in [-0.2, -0.15) is 13.4 Å². The maximum absolute atomic E-state index is 12.9. The summed E-state index contributed by atoms with van der Waals surface area (Å²) in [5.41, 5.74) is 0.387. The molecule has 0 saturated carbocycles. The Kier molecular flexibility index (Phi) is 6.24. The van der Waals surface area contributed by atoms with Gasteiger partial charge in [0.05, 0.1) is 12.8 Å². The summed E-state index contributed by atoms with van der Waals surface area (Å²) in [6, 6.07) is 4.50. The second-order valence-corrected chi connectivity index (χ2v) is 8.07. The van der Waals surface area contributed by atoms with E-state index in [0.29, 0.717) is 18.7 Å². The molecule has 0 saturated heterocycles. The predicted octanol–water partition coefficient (Wildman–Crippen LogP) is 4.50. The first kappa shape index (κ1) is 19.9. The molecule has 6 nitrogen and oxygen atoms in total. The lowest BCUT2D eigenvalue weighted by molar-refractivity contribution is 0.347. The zero-order valence-corrected chi connectivity index (χ0v) is 16.7. The molecular weight excluding hydrogens is 387 g/mol. The molecule has 2 rings (SSSR count). The minimum Gasteiger partial charge on any atom is -0.468 e. The average molecular weight is 407 g/mol. The van der Waals surface area contributed by atoms with Crippen LogP contribution in [0.2, 0.25) is 10.0 Å². The van der Waals surface area contributed by atoms with E-state index < -0.39 is 10.1 Å². The number of nitrogens with zero attached hydrogens (tertiary/aromatic N) is 2. The zero-order valence-electron chi connectivity index (χ0n) is 14.4. The van der Waals surface area contributed by atoms with Gasteiger partial charge < -0.3 is 8.92 Å². The van der Waals surface area contributed by atoms with Crippen molar-refractivity contribution in [3.05, 3.63) is 33.9 Å². The van der Waals surface area contributed by atoms with Gasteiger partial charge in [-0.05, 0) is 18.4 Å². The van der Waals surface area contributed by atoms with Crippen LogP contribution in [0.4, 0.5) is 0 Å². The molecule has 0 amide bonds. The smallest absolute Gasteiger partial charge is 0.357 e. The van der Waals surface area contributed by atoms with Crippen molar-refractivity contribution in [1.82, 2.24) is 9.55 Å². The van der Waals surface area contributed by atoms with Crippen molar-refractivity contribution in [1.29, 1.82) is 0 Å². The van der Waals surface area contributed by atoms with Crippen LogP contribution in [0.1, 0.15) is 38.8 Å². The van der Waals surface area contributed by atoms with E-state index in [1.807, 2.05) is 20.8 Å². The standard InChI is InChI=1S/C16H20Cl2N2O4S/c1-5-6-20-15(14(10(2)3)19-16(20)23-4)25(21,22)24-13-8-11(17)7-12(18)9-13/h7-10H,5-6H2,1-4H3. The molecule has 2 aromatic rings. The topological polar surface area (TPSA) is 70.4 Å². The number of halogens is 2. The predicted molar refractivity (Wildman–Crippen MR) is 97.4 cm³/mol. The van der Waals surface area contributed by atoms with E-state index in [-0.39, 0.29) is 32.7 Å². The molecule has 0 unspecified atom stereocenters. The monoisotopic (exact) mass is 406 g/mol. The number of benzene rings is 1.